The minimum Gasteiger partial charge on any atom is -0.383 e. The van der Waals surface area contributed by atoms with Crippen LogP contribution in [0.3, 0.4) is 0 Å². The number of amides is 1. The van der Waals surface area contributed by atoms with E-state index in [9.17, 15) is 4.79 Å². The van der Waals surface area contributed by atoms with Crippen LogP contribution in [0, 0.1) is 0 Å². The van der Waals surface area contributed by atoms with Crippen molar-refractivity contribution < 1.29 is 9.53 Å². The Balaban J connectivity index is 1.64. The van der Waals surface area contributed by atoms with E-state index in [1.165, 1.54) is 32.4 Å². The number of methoxy groups -OCH3 is 1. The lowest BCUT2D eigenvalue weighted by atomic mass is 10.00. The molecule has 0 unspecified atom stereocenters. The third kappa shape index (κ3) is 4.72. The monoisotopic (exact) mass is 283 g/mol. The lowest BCUT2D eigenvalue weighted by Crippen LogP contribution is -2.49. The number of carbonyl (C=O) groups excluding carboxylic acids is 1. The highest BCUT2D eigenvalue weighted by Crippen LogP contribution is 2.20. The second-order valence-electron chi connectivity index (χ2n) is 5.88. The van der Waals surface area contributed by atoms with Crippen LogP contribution in [0.2, 0.25) is 0 Å². The fourth-order valence-electron chi connectivity index (χ4n) is 3.25. The topological polar surface area (TPSA) is 44.8 Å². The summed E-state index contributed by atoms with van der Waals surface area (Å²) in [6, 6.07) is 0.709. The largest absolute Gasteiger partial charge is 0.383 e. The van der Waals surface area contributed by atoms with E-state index in [0.717, 1.165) is 32.5 Å². The highest BCUT2D eigenvalue weighted by atomic mass is 16.5. The highest BCUT2D eigenvalue weighted by Gasteiger charge is 2.27. The van der Waals surface area contributed by atoms with Crippen LogP contribution in [0.25, 0.3) is 0 Å². The third-order valence-electron chi connectivity index (χ3n) is 4.48. The molecule has 0 spiro atoms. The lowest BCUT2D eigenvalue weighted by Gasteiger charge is -2.40. The molecule has 0 bridgehead atoms. The highest BCUT2D eigenvalue weighted by molar-refractivity contribution is 5.78. The summed E-state index contributed by atoms with van der Waals surface area (Å²) in [5.41, 5.74) is 0. The lowest BCUT2D eigenvalue weighted by molar-refractivity contribution is -0.131. The number of hydrogen-bond donors (Lipinski definition) is 1. The molecule has 0 aromatic carbocycles. The van der Waals surface area contributed by atoms with Gasteiger partial charge in [0.05, 0.1) is 13.2 Å². The molecule has 0 saturated carbocycles. The van der Waals surface area contributed by atoms with Gasteiger partial charge in [0, 0.05) is 32.8 Å². The first-order valence-corrected chi connectivity index (χ1v) is 8.02. The SMILES string of the molecule is COCCNCC(=O)N1CCC(N2CCCCC2)CC1. The fourth-order valence-corrected chi connectivity index (χ4v) is 3.25. The number of hydrogen-bond acceptors (Lipinski definition) is 4. The zero-order valence-electron chi connectivity index (χ0n) is 12.8. The molecule has 1 amide bonds. The van der Waals surface area contributed by atoms with Gasteiger partial charge in [0.25, 0.3) is 0 Å². The summed E-state index contributed by atoms with van der Waals surface area (Å²) in [6.07, 6.45) is 6.37. The Labute approximate surface area is 122 Å². The summed E-state index contributed by atoms with van der Waals surface area (Å²) in [5.74, 6) is 0.234. The fraction of sp³-hybridized carbons (Fsp3) is 0.933. The Kier molecular flexibility index (Phi) is 6.76. The van der Waals surface area contributed by atoms with Crippen LogP contribution in [0.1, 0.15) is 32.1 Å². The molecule has 2 aliphatic heterocycles. The minimum atomic E-state index is 0.234. The minimum absolute atomic E-state index is 0.234. The first kappa shape index (κ1) is 15.7. The van der Waals surface area contributed by atoms with Crippen molar-refractivity contribution in [2.24, 2.45) is 0 Å². The Hall–Kier alpha value is -0.650. The molecule has 0 atom stereocenters. The summed E-state index contributed by atoms with van der Waals surface area (Å²) in [5, 5.41) is 3.13. The maximum Gasteiger partial charge on any atom is 0.236 e. The van der Waals surface area contributed by atoms with Gasteiger partial charge in [-0.3, -0.25) is 4.79 Å². The maximum atomic E-state index is 12.1. The molecule has 2 aliphatic rings. The van der Waals surface area contributed by atoms with Gasteiger partial charge in [-0.05, 0) is 38.8 Å². The average molecular weight is 283 g/mol. The number of ether oxygens (including phenoxy) is 1. The number of nitrogens with zero attached hydrogens (tertiary/aromatic N) is 2. The molecule has 2 heterocycles. The first-order chi connectivity index (χ1) is 9.81. The normalized spacial score (nSPS) is 22.1. The third-order valence-corrected chi connectivity index (χ3v) is 4.48. The van der Waals surface area contributed by atoms with Crippen molar-refractivity contribution in [1.82, 2.24) is 15.1 Å². The van der Waals surface area contributed by atoms with Gasteiger partial charge in [0.15, 0.2) is 0 Å². The second-order valence-corrected chi connectivity index (χ2v) is 5.88. The molecule has 2 fully saturated rings. The average Bonchev–Trinajstić information content (AvgIpc) is 2.52. The number of rotatable bonds is 6. The second kappa shape index (κ2) is 8.60. The Morgan fingerprint density at radius 3 is 2.50 bits per heavy atom. The molecule has 0 aromatic heterocycles. The van der Waals surface area contributed by atoms with Gasteiger partial charge in [0.2, 0.25) is 5.91 Å². The Morgan fingerprint density at radius 1 is 1.15 bits per heavy atom. The molecule has 2 rings (SSSR count). The van der Waals surface area contributed by atoms with E-state index in [1.54, 1.807) is 7.11 Å². The summed E-state index contributed by atoms with van der Waals surface area (Å²) in [4.78, 5) is 16.7. The molecule has 5 nitrogen and oxygen atoms in total. The first-order valence-electron chi connectivity index (χ1n) is 8.02. The summed E-state index contributed by atoms with van der Waals surface area (Å²) < 4.78 is 4.96. The molecular formula is C15H29N3O2. The van der Waals surface area contributed by atoms with Crippen molar-refractivity contribution in [2.75, 3.05) is 53.0 Å². The van der Waals surface area contributed by atoms with Gasteiger partial charge >= 0.3 is 0 Å². The van der Waals surface area contributed by atoms with Gasteiger partial charge in [-0.25, -0.2) is 0 Å². The standard InChI is InChI=1S/C15H29N3O2/c1-20-12-7-16-13-15(19)18-10-5-14(6-11-18)17-8-3-2-4-9-17/h14,16H,2-13H2,1H3. The number of nitrogens with one attached hydrogen (secondary N) is 1. The Bertz CT molecular complexity index is 285. The van der Waals surface area contributed by atoms with Crippen LogP contribution in [-0.2, 0) is 9.53 Å². The predicted molar refractivity (Wildman–Crippen MR) is 79.8 cm³/mol. The summed E-state index contributed by atoms with van der Waals surface area (Å²) in [7, 11) is 1.68. The van der Waals surface area contributed by atoms with Gasteiger partial charge in [0.1, 0.15) is 0 Å². The molecule has 5 heteroatoms. The van der Waals surface area contributed by atoms with E-state index < -0.39 is 0 Å². The summed E-state index contributed by atoms with van der Waals surface area (Å²) in [6.45, 7) is 6.21. The zero-order chi connectivity index (χ0) is 14.2. The molecule has 20 heavy (non-hydrogen) atoms. The van der Waals surface area contributed by atoms with Crippen molar-refractivity contribution in [1.29, 1.82) is 0 Å². The van der Waals surface area contributed by atoms with Crippen LogP contribution in [0.4, 0.5) is 0 Å². The van der Waals surface area contributed by atoms with E-state index in [2.05, 4.69) is 10.2 Å². The molecule has 0 aliphatic carbocycles. The van der Waals surface area contributed by atoms with Crippen molar-refractivity contribution in [3.63, 3.8) is 0 Å². The predicted octanol–water partition coefficient (Wildman–Crippen LogP) is 0.699. The summed E-state index contributed by atoms with van der Waals surface area (Å²) >= 11 is 0. The van der Waals surface area contributed by atoms with Gasteiger partial charge in [-0.15, -0.1) is 0 Å². The Morgan fingerprint density at radius 2 is 1.85 bits per heavy atom. The van der Waals surface area contributed by atoms with E-state index in [-0.39, 0.29) is 5.91 Å². The van der Waals surface area contributed by atoms with Crippen LogP contribution in [-0.4, -0.2) is 74.7 Å². The number of piperidine rings is 2. The van der Waals surface area contributed by atoms with E-state index in [0.29, 0.717) is 19.2 Å². The molecular weight excluding hydrogens is 254 g/mol. The molecule has 116 valence electrons. The molecule has 2 saturated heterocycles. The quantitative estimate of drug-likeness (QED) is 0.729. The smallest absolute Gasteiger partial charge is 0.236 e. The van der Waals surface area contributed by atoms with Crippen molar-refractivity contribution >= 4 is 5.91 Å². The van der Waals surface area contributed by atoms with E-state index in [4.69, 9.17) is 4.74 Å². The molecule has 0 aromatic rings. The van der Waals surface area contributed by atoms with Crippen LogP contribution < -0.4 is 5.32 Å². The van der Waals surface area contributed by atoms with E-state index >= 15 is 0 Å². The molecule has 1 N–H and O–H groups in total. The number of carbonyl (C=O) groups is 1. The van der Waals surface area contributed by atoms with Gasteiger partial charge < -0.3 is 19.9 Å². The zero-order valence-corrected chi connectivity index (χ0v) is 12.8. The van der Waals surface area contributed by atoms with Crippen molar-refractivity contribution in [3.05, 3.63) is 0 Å². The van der Waals surface area contributed by atoms with Crippen LogP contribution >= 0.6 is 0 Å². The molecule has 0 radical (unpaired) electrons. The number of likely N-dealkylation sites (tertiary alicyclic amines) is 2. The van der Waals surface area contributed by atoms with Gasteiger partial charge in [-0.1, -0.05) is 6.42 Å². The van der Waals surface area contributed by atoms with Crippen molar-refractivity contribution in [2.45, 2.75) is 38.1 Å². The maximum absolute atomic E-state index is 12.1. The van der Waals surface area contributed by atoms with Crippen LogP contribution in [0.15, 0.2) is 0 Å². The van der Waals surface area contributed by atoms with Crippen LogP contribution in [0.5, 0.6) is 0 Å². The van der Waals surface area contributed by atoms with Crippen molar-refractivity contribution in [3.8, 4) is 0 Å². The van der Waals surface area contributed by atoms with E-state index in [1.807, 2.05) is 4.90 Å². The van der Waals surface area contributed by atoms with Gasteiger partial charge in [-0.2, -0.15) is 0 Å².